The molecule has 2 aromatic rings. The molecule has 3 rings (SSSR count). The third kappa shape index (κ3) is 4.49. The Morgan fingerprint density at radius 1 is 1.19 bits per heavy atom. The van der Waals surface area contributed by atoms with Gasteiger partial charge in [-0.05, 0) is 54.2 Å². The molecule has 1 aliphatic carbocycles. The summed E-state index contributed by atoms with van der Waals surface area (Å²) < 4.78 is 44.1. The second kappa shape index (κ2) is 7.19. The summed E-state index contributed by atoms with van der Waals surface area (Å²) in [5, 5.41) is 9.25. The van der Waals surface area contributed by atoms with Crippen LogP contribution in [0.1, 0.15) is 24.0 Å². The van der Waals surface area contributed by atoms with Crippen LogP contribution in [-0.2, 0) is 17.4 Å². The quantitative estimate of drug-likeness (QED) is 0.721. The van der Waals surface area contributed by atoms with Crippen LogP contribution in [0.5, 0.6) is 5.75 Å². The molecule has 0 aromatic heterocycles. The van der Waals surface area contributed by atoms with Gasteiger partial charge in [-0.15, -0.1) is 0 Å². The Labute approximate surface area is 153 Å². The molecule has 0 amide bonds. The van der Waals surface area contributed by atoms with Gasteiger partial charge in [0, 0.05) is 5.56 Å². The highest BCUT2D eigenvalue weighted by Gasteiger charge is 2.30. The van der Waals surface area contributed by atoms with Crippen LogP contribution in [0, 0.1) is 5.92 Å². The Bertz CT molecular complexity index is 812. The lowest BCUT2D eigenvalue weighted by Gasteiger charge is -2.16. The van der Waals surface area contributed by atoms with E-state index in [4.69, 9.17) is 21.4 Å². The van der Waals surface area contributed by atoms with E-state index in [2.05, 4.69) is 0 Å². The number of halogens is 4. The Balaban J connectivity index is 2.00. The standard InChI is InChI=1S/C19H16ClF3O3/c20-16-8-12(9-17(24)25)7-15(18(16)26-10-11-1-2-11)13-3-5-14(6-4-13)19(21,22)23/h3-8,11H,1-2,9-10H2,(H,24,25). The van der Waals surface area contributed by atoms with Crippen molar-refractivity contribution in [3.8, 4) is 16.9 Å². The molecule has 0 aliphatic heterocycles. The Morgan fingerprint density at radius 2 is 1.85 bits per heavy atom. The van der Waals surface area contributed by atoms with Gasteiger partial charge in [0.2, 0.25) is 0 Å². The molecule has 0 heterocycles. The number of carboxylic acid groups (broad SMARTS) is 1. The molecule has 1 fully saturated rings. The molecule has 0 radical (unpaired) electrons. The van der Waals surface area contributed by atoms with E-state index in [1.165, 1.54) is 18.2 Å². The van der Waals surface area contributed by atoms with E-state index in [1.54, 1.807) is 6.07 Å². The third-order valence-electron chi connectivity index (χ3n) is 4.14. The summed E-state index contributed by atoms with van der Waals surface area (Å²) in [5.74, 6) is -0.191. The SMILES string of the molecule is O=C(O)Cc1cc(Cl)c(OCC2CC2)c(-c2ccc(C(F)(F)F)cc2)c1. The van der Waals surface area contributed by atoms with Gasteiger partial charge in [0.15, 0.2) is 0 Å². The van der Waals surface area contributed by atoms with E-state index in [0.717, 1.165) is 25.0 Å². The Hall–Kier alpha value is -2.21. The molecule has 2 aromatic carbocycles. The van der Waals surface area contributed by atoms with Crippen LogP contribution in [0.25, 0.3) is 11.1 Å². The number of rotatable bonds is 6. The number of benzene rings is 2. The van der Waals surface area contributed by atoms with E-state index in [9.17, 15) is 18.0 Å². The third-order valence-corrected chi connectivity index (χ3v) is 4.42. The van der Waals surface area contributed by atoms with Crippen molar-refractivity contribution in [2.24, 2.45) is 5.92 Å². The topological polar surface area (TPSA) is 46.5 Å². The molecule has 26 heavy (non-hydrogen) atoms. The fourth-order valence-corrected chi connectivity index (χ4v) is 2.91. The smallest absolute Gasteiger partial charge is 0.416 e. The number of carboxylic acids is 1. The number of alkyl halides is 3. The lowest BCUT2D eigenvalue weighted by molar-refractivity contribution is -0.138. The first-order valence-corrected chi connectivity index (χ1v) is 8.46. The first-order valence-electron chi connectivity index (χ1n) is 8.08. The molecule has 138 valence electrons. The summed E-state index contributed by atoms with van der Waals surface area (Å²) in [7, 11) is 0. The molecule has 7 heteroatoms. The second-order valence-electron chi connectivity index (χ2n) is 6.35. The number of aliphatic carboxylic acids is 1. The average Bonchev–Trinajstić information content (AvgIpc) is 3.36. The predicted octanol–water partition coefficient (Wildman–Crippen LogP) is 5.44. The Morgan fingerprint density at radius 3 is 2.38 bits per heavy atom. The van der Waals surface area contributed by atoms with Gasteiger partial charge < -0.3 is 9.84 Å². The molecular formula is C19H16ClF3O3. The van der Waals surface area contributed by atoms with Gasteiger partial charge >= 0.3 is 12.1 Å². The van der Waals surface area contributed by atoms with E-state index >= 15 is 0 Å². The zero-order valence-corrected chi connectivity index (χ0v) is 14.4. The fourth-order valence-electron chi connectivity index (χ4n) is 2.61. The van der Waals surface area contributed by atoms with Crippen molar-refractivity contribution in [1.82, 2.24) is 0 Å². The van der Waals surface area contributed by atoms with Crippen LogP contribution >= 0.6 is 11.6 Å². The van der Waals surface area contributed by atoms with Crippen molar-refractivity contribution in [3.63, 3.8) is 0 Å². The minimum atomic E-state index is -4.42. The molecular weight excluding hydrogens is 369 g/mol. The summed E-state index contributed by atoms with van der Waals surface area (Å²) in [6.07, 6.45) is -2.52. The lowest BCUT2D eigenvalue weighted by Crippen LogP contribution is -2.05. The highest BCUT2D eigenvalue weighted by molar-refractivity contribution is 6.32. The highest BCUT2D eigenvalue weighted by Crippen LogP contribution is 2.40. The highest BCUT2D eigenvalue weighted by atomic mass is 35.5. The van der Waals surface area contributed by atoms with Crippen LogP contribution in [0.15, 0.2) is 36.4 Å². The maximum atomic E-state index is 12.8. The van der Waals surface area contributed by atoms with Gasteiger partial charge in [0.05, 0.1) is 23.6 Å². The molecule has 3 nitrogen and oxygen atoms in total. The average molecular weight is 385 g/mol. The molecule has 0 spiro atoms. The molecule has 1 aliphatic rings. The predicted molar refractivity (Wildman–Crippen MR) is 91.4 cm³/mol. The molecule has 0 atom stereocenters. The monoisotopic (exact) mass is 384 g/mol. The fraction of sp³-hybridized carbons (Fsp3) is 0.316. The molecule has 0 unspecified atom stereocenters. The zero-order chi connectivity index (χ0) is 18.9. The summed E-state index contributed by atoms with van der Waals surface area (Å²) in [5.41, 5.74) is 0.673. The minimum Gasteiger partial charge on any atom is -0.491 e. The van der Waals surface area contributed by atoms with E-state index < -0.39 is 17.7 Å². The van der Waals surface area contributed by atoms with Crippen LogP contribution < -0.4 is 4.74 Å². The summed E-state index contributed by atoms with van der Waals surface area (Å²) in [6.45, 7) is 0.478. The molecule has 1 N–H and O–H groups in total. The van der Waals surface area contributed by atoms with Crippen LogP contribution in [-0.4, -0.2) is 17.7 Å². The largest absolute Gasteiger partial charge is 0.491 e. The first kappa shape index (κ1) is 18.6. The summed E-state index contributed by atoms with van der Waals surface area (Å²) >= 11 is 6.28. The zero-order valence-electron chi connectivity index (χ0n) is 13.6. The number of hydrogen-bond donors (Lipinski definition) is 1. The van der Waals surface area contributed by atoms with Gasteiger partial charge in [0.1, 0.15) is 5.75 Å². The first-order chi connectivity index (χ1) is 12.2. The van der Waals surface area contributed by atoms with Crippen molar-refractivity contribution in [1.29, 1.82) is 0 Å². The molecule has 0 bridgehead atoms. The van der Waals surface area contributed by atoms with E-state index in [1.807, 2.05) is 0 Å². The van der Waals surface area contributed by atoms with E-state index in [0.29, 0.717) is 35.0 Å². The summed E-state index contributed by atoms with van der Waals surface area (Å²) in [4.78, 5) is 11.0. The lowest BCUT2D eigenvalue weighted by atomic mass is 9.99. The summed E-state index contributed by atoms with van der Waals surface area (Å²) in [6, 6.07) is 7.76. The minimum absolute atomic E-state index is 0.240. The van der Waals surface area contributed by atoms with Crippen molar-refractivity contribution >= 4 is 17.6 Å². The van der Waals surface area contributed by atoms with E-state index in [-0.39, 0.29) is 11.4 Å². The molecule has 1 saturated carbocycles. The number of hydrogen-bond acceptors (Lipinski definition) is 2. The van der Waals surface area contributed by atoms with Crippen LogP contribution in [0.4, 0.5) is 13.2 Å². The van der Waals surface area contributed by atoms with Gasteiger partial charge in [-0.2, -0.15) is 13.2 Å². The Kier molecular flexibility index (Phi) is 5.14. The second-order valence-corrected chi connectivity index (χ2v) is 6.76. The van der Waals surface area contributed by atoms with Crippen molar-refractivity contribution in [2.75, 3.05) is 6.61 Å². The maximum absolute atomic E-state index is 12.8. The molecule has 0 saturated heterocycles. The van der Waals surface area contributed by atoms with Crippen molar-refractivity contribution in [3.05, 3.63) is 52.5 Å². The van der Waals surface area contributed by atoms with Crippen LogP contribution in [0.2, 0.25) is 5.02 Å². The normalized spacial score (nSPS) is 14.3. The van der Waals surface area contributed by atoms with Crippen molar-refractivity contribution < 1.29 is 27.8 Å². The van der Waals surface area contributed by atoms with Crippen LogP contribution in [0.3, 0.4) is 0 Å². The van der Waals surface area contributed by atoms with Crippen molar-refractivity contribution in [2.45, 2.75) is 25.4 Å². The maximum Gasteiger partial charge on any atom is 0.416 e. The van der Waals surface area contributed by atoms with Gasteiger partial charge in [-0.3, -0.25) is 4.79 Å². The van der Waals surface area contributed by atoms with Gasteiger partial charge in [0.25, 0.3) is 0 Å². The number of carbonyl (C=O) groups is 1. The van der Waals surface area contributed by atoms with Gasteiger partial charge in [-0.25, -0.2) is 0 Å². The van der Waals surface area contributed by atoms with Gasteiger partial charge in [-0.1, -0.05) is 23.7 Å². The number of ether oxygens (including phenoxy) is 1.